The van der Waals surface area contributed by atoms with Crippen LogP contribution in [0.2, 0.25) is 0 Å². The highest BCUT2D eigenvalue weighted by molar-refractivity contribution is 9.09. The van der Waals surface area contributed by atoms with Crippen molar-refractivity contribution in [3.05, 3.63) is 161 Å². The van der Waals surface area contributed by atoms with Gasteiger partial charge in [-0.3, -0.25) is 14.4 Å². The number of esters is 1. The van der Waals surface area contributed by atoms with Crippen LogP contribution in [0.15, 0.2) is 127 Å². The number of halogens is 1. The van der Waals surface area contributed by atoms with Gasteiger partial charge in [0, 0.05) is 11.5 Å². The van der Waals surface area contributed by atoms with Gasteiger partial charge in [0.25, 0.3) is 0 Å². The van der Waals surface area contributed by atoms with E-state index in [4.69, 9.17) is 4.74 Å². The second-order valence-corrected chi connectivity index (χ2v) is 13.1. The first-order chi connectivity index (χ1) is 22.4. The molecule has 0 aromatic heterocycles. The van der Waals surface area contributed by atoms with Gasteiger partial charge in [-0.1, -0.05) is 131 Å². The second-order valence-electron chi connectivity index (χ2n) is 11.8. The van der Waals surface area contributed by atoms with Gasteiger partial charge in [-0.15, -0.1) is 0 Å². The molecule has 46 heavy (non-hydrogen) atoms. The van der Waals surface area contributed by atoms with Crippen molar-refractivity contribution >= 4 is 45.2 Å². The Morgan fingerprint density at radius 3 is 1.91 bits per heavy atom. The van der Waals surface area contributed by atoms with Crippen molar-refractivity contribution in [2.75, 3.05) is 11.5 Å². The molecular formula is C39H26BrNO5. The van der Waals surface area contributed by atoms with Gasteiger partial charge in [0.2, 0.25) is 11.8 Å². The van der Waals surface area contributed by atoms with Crippen molar-refractivity contribution < 1.29 is 23.9 Å². The van der Waals surface area contributed by atoms with Gasteiger partial charge in [0.05, 0.1) is 27.4 Å². The molecule has 9 rings (SSSR count). The number of ether oxygens (including phenoxy) is 1. The van der Waals surface area contributed by atoms with Gasteiger partial charge >= 0.3 is 5.97 Å². The van der Waals surface area contributed by atoms with Crippen LogP contribution in [0.25, 0.3) is 11.1 Å². The predicted octanol–water partition coefficient (Wildman–Crippen LogP) is 7.30. The molecule has 1 fully saturated rings. The third kappa shape index (κ3) is 4.08. The first-order valence-electron chi connectivity index (χ1n) is 15.1. The number of alkyl halides is 1. The molecule has 2 bridgehead atoms. The first-order valence-corrected chi connectivity index (χ1v) is 15.9. The third-order valence-electron chi connectivity index (χ3n) is 9.53. The summed E-state index contributed by atoms with van der Waals surface area (Å²) in [5, 5.41) is 0. The number of rotatable bonds is 6. The van der Waals surface area contributed by atoms with Crippen molar-refractivity contribution in [1.29, 1.82) is 0 Å². The summed E-state index contributed by atoms with van der Waals surface area (Å²) in [6.07, 6.45) is 0. The number of nitrogens with zero attached hydrogens (tertiary/aromatic N) is 1. The third-order valence-corrected chi connectivity index (χ3v) is 10.9. The van der Waals surface area contributed by atoms with Crippen molar-refractivity contribution in [2.45, 2.75) is 10.2 Å². The zero-order valence-corrected chi connectivity index (χ0v) is 26.0. The largest absolute Gasteiger partial charge is 0.454 e. The molecule has 0 spiro atoms. The van der Waals surface area contributed by atoms with Crippen molar-refractivity contribution in [3.63, 3.8) is 0 Å². The molecule has 7 heteroatoms. The SMILES string of the molecule is O=C(COC(=O)c1ccccc1N1C(=O)[C@H]2C3c4ccccc4C(Br)(c4ccccc43)[C@H]2C1=O)c1ccc(-c2ccccc2)cc1. The Kier molecular flexibility index (Phi) is 6.62. The number of Topliss-reactive ketones (excluding diaryl/α,β-unsaturated/α-hetero) is 1. The van der Waals surface area contributed by atoms with E-state index in [1.54, 1.807) is 30.3 Å². The molecule has 6 nitrogen and oxygen atoms in total. The number of amides is 2. The van der Waals surface area contributed by atoms with Gasteiger partial charge in [0.1, 0.15) is 0 Å². The minimum Gasteiger partial charge on any atom is -0.454 e. The lowest BCUT2D eigenvalue weighted by atomic mass is 9.55. The summed E-state index contributed by atoms with van der Waals surface area (Å²) in [6, 6.07) is 39.2. The van der Waals surface area contributed by atoms with Crippen LogP contribution in [-0.2, 0) is 18.7 Å². The van der Waals surface area contributed by atoms with E-state index in [0.717, 1.165) is 38.3 Å². The van der Waals surface area contributed by atoms with E-state index < -0.39 is 28.7 Å². The Morgan fingerprint density at radius 1 is 0.674 bits per heavy atom. The van der Waals surface area contributed by atoms with E-state index in [1.165, 1.54) is 6.07 Å². The van der Waals surface area contributed by atoms with Crippen LogP contribution in [0.4, 0.5) is 5.69 Å². The van der Waals surface area contributed by atoms with Crippen LogP contribution < -0.4 is 4.90 Å². The number of carbonyl (C=O) groups excluding carboxylic acids is 4. The highest BCUT2D eigenvalue weighted by Gasteiger charge is 2.67. The lowest BCUT2D eigenvalue weighted by Crippen LogP contribution is -2.50. The lowest BCUT2D eigenvalue weighted by Gasteiger charge is -2.51. The molecule has 1 aliphatic heterocycles. The number of ketones is 1. The monoisotopic (exact) mass is 667 g/mol. The minimum absolute atomic E-state index is 0.0427. The summed E-state index contributed by atoms with van der Waals surface area (Å²) < 4.78 is 4.57. The maximum atomic E-state index is 14.4. The van der Waals surface area contributed by atoms with E-state index in [9.17, 15) is 19.2 Å². The number of hydrogen-bond acceptors (Lipinski definition) is 5. The summed E-state index contributed by atoms with van der Waals surface area (Å²) in [5.41, 5.74) is 6.59. The van der Waals surface area contributed by atoms with Crippen LogP contribution in [0.5, 0.6) is 0 Å². The standard InChI is InChI=1S/C39H26BrNO5/c40-39-29-15-7-4-12-26(29)33(27-13-5-8-16-30(27)39)34-35(39)37(44)41(36(34)43)31-17-9-6-14-28(31)38(45)46-22-32(42)25-20-18-24(19-21-25)23-10-2-1-3-11-23/h1-21,33-35H,22H2/t33?,34-,35+,39?/m0/s1. The van der Waals surface area contributed by atoms with E-state index in [0.29, 0.717) is 5.56 Å². The number of anilines is 1. The van der Waals surface area contributed by atoms with Gasteiger partial charge < -0.3 is 4.74 Å². The molecule has 0 radical (unpaired) electrons. The fraction of sp³-hybridized carbons (Fsp3) is 0.128. The van der Waals surface area contributed by atoms with Crippen LogP contribution in [-0.4, -0.2) is 30.2 Å². The zero-order chi connectivity index (χ0) is 31.6. The zero-order valence-electron chi connectivity index (χ0n) is 24.4. The number of hydrogen-bond donors (Lipinski definition) is 0. The molecular weight excluding hydrogens is 642 g/mol. The van der Waals surface area contributed by atoms with Gasteiger partial charge in [0.15, 0.2) is 12.4 Å². The predicted molar refractivity (Wildman–Crippen MR) is 177 cm³/mol. The summed E-state index contributed by atoms with van der Waals surface area (Å²) in [5.74, 6) is -3.55. The maximum absolute atomic E-state index is 14.4. The topological polar surface area (TPSA) is 80.8 Å². The molecule has 5 aromatic carbocycles. The Labute approximate surface area is 273 Å². The smallest absolute Gasteiger partial charge is 0.340 e. The number of imide groups is 1. The van der Waals surface area contributed by atoms with Crippen LogP contribution in [0, 0.1) is 11.8 Å². The van der Waals surface area contributed by atoms with Crippen LogP contribution in [0.1, 0.15) is 48.9 Å². The Hall–Kier alpha value is -5.14. The van der Waals surface area contributed by atoms with Crippen molar-refractivity contribution in [2.24, 2.45) is 11.8 Å². The normalized spacial score (nSPS) is 22.2. The molecule has 224 valence electrons. The number of benzene rings is 5. The molecule has 5 aromatic rings. The quantitative estimate of drug-likeness (QED) is 0.0822. The highest BCUT2D eigenvalue weighted by atomic mass is 79.9. The first kappa shape index (κ1) is 28.3. The van der Waals surface area contributed by atoms with Crippen LogP contribution >= 0.6 is 15.9 Å². The van der Waals surface area contributed by atoms with Gasteiger partial charge in [-0.25, -0.2) is 9.69 Å². The molecule has 0 saturated carbocycles. The molecule has 0 unspecified atom stereocenters. The molecule has 1 saturated heterocycles. The molecule has 2 atom stereocenters. The molecule has 1 heterocycles. The van der Waals surface area contributed by atoms with Crippen molar-refractivity contribution in [1.82, 2.24) is 0 Å². The molecule has 2 amide bonds. The number of para-hydroxylation sites is 1. The van der Waals surface area contributed by atoms with Crippen LogP contribution in [0.3, 0.4) is 0 Å². The van der Waals surface area contributed by atoms with E-state index in [-0.39, 0.29) is 34.8 Å². The van der Waals surface area contributed by atoms with Crippen molar-refractivity contribution in [3.8, 4) is 11.1 Å². The summed E-state index contributed by atoms with van der Waals surface area (Å²) in [4.78, 5) is 56.3. The second kappa shape index (κ2) is 10.7. The molecule has 4 aliphatic rings. The maximum Gasteiger partial charge on any atom is 0.340 e. The van der Waals surface area contributed by atoms with Gasteiger partial charge in [-0.05, 0) is 45.5 Å². The molecule has 0 N–H and O–H groups in total. The molecule has 3 aliphatic carbocycles. The van der Waals surface area contributed by atoms with Gasteiger partial charge in [-0.2, -0.15) is 0 Å². The van der Waals surface area contributed by atoms with E-state index in [2.05, 4.69) is 15.9 Å². The lowest BCUT2D eigenvalue weighted by molar-refractivity contribution is -0.122. The Balaban J connectivity index is 1.07. The highest BCUT2D eigenvalue weighted by Crippen LogP contribution is 2.66. The summed E-state index contributed by atoms with van der Waals surface area (Å²) in [6.45, 7) is -0.484. The average molecular weight is 669 g/mol. The Bertz CT molecular complexity index is 2020. The summed E-state index contributed by atoms with van der Waals surface area (Å²) >= 11 is 4.00. The van der Waals surface area contributed by atoms with E-state index >= 15 is 0 Å². The summed E-state index contributed by atoms with van der Waals surface area (Å²) in [7, 11) is 0. The Morgan fingerprint density at radius 2 is 1.24 bits per heavy atom. The fourth-order valence-corrected chi connectivity index (χ4v) is 8.73. The average Bonchev–Trinajstić information content (AvgIpc) is 3.38. The fourth-order valence-electron chi connectivity index (χ4n) is 7.53. The number of carbonyl (C=O) groups is 4. The minimum atomic E-state index is -0.904. The van der Waals surface area contributed by atoms with E-state index in [1.807, 2.05) is 91.0 Å².